The predicted octanol–water partition coefficient (Wildman–Crippen LogP) is 7.03. The number of anilines is 1. The van der Waals surface area contributed by atoms with Gasteiger partial charge in [0.25, 0.3) is 17.8 Å². The molecule has 44 heavy (non-hydrogen) atoms. The molecule has 5 rings (SSSR count). The monoisotopic (exact) mass is 630 g/mol. The van der Waals surface area contributed by atoms with Crippen molar-refractivity contribution in [2.24, 2.45) is 11.3 Å². The summed E-state index contributed by atoms with van der Waals surface area (Å²) in [6, 6.07) is 7.77. The van der Waals surface area contributed by atoms with Crippen molar-refractivity contribution >= 4 is 29.4 Å². The van der Waals surface area contributed by atoms with E-state index in [1.165, 1.54) is 24.3 Å². The van der Waals surface area contributed by atoms with Crippen molar-refractivity contribution in [2.45, 2.75) is 70.0 Å². The predicted molar refractivity (Wildman–Crippen MR) is 159 cm³/mol. The number of alkyl halides is 4. The standard InChI is InChI=1S/C31H34ClF3N6O3/c1-29(2,32)21-7-9-23(10-8-21)41(18-30(3)15-13-19(14-16-30)26(42)36-28-37-39-40-38-28)27(43)25-12-11-24(44-25)20-5-4-6-22(17-20)31(33,34)35/h4-6,11-15,17,21,23H,7-10,16,18H2,1-3H3,(H2,36,37,38,39,40,42). The Morgan fingerprint density at radius 1 is 1.16 bits per heavy atom. The van der Waals surface area contributed by atoms with Crippen LogP contribution in [0.1, 0.15) is 69.0 Å². The Balaban J connectivity index is 1.36. The quantitative estimate of drug-likeness (QED) is 0.258. The molecule has 2 amide bonds. The molecule has 234 valence electrons. The van der Waals surface area contributed by atoms with Crippen molar-refractivity contribution < 1.29 is 27.2 Å². The van der Waals surface area contributed by atoms with Gasteiger partial charge in [0.2, 0.25) is 0 Å². The zero-order valence-corrected chi connectivity index (χ0v) is 25.4. The van der Waals surface area contributed by atoms with Crippen molar-refractivity contribution in [3.05, 3.63) is 71.5 Å². The van der Waals surface area contributed by atoms with Crippen LogP contribution in [0.4, 0.5) is 19.1 Å². The topological polar surface area (TPSA) is 117 Å². The minimum absolute atomic E-state index is 0.0521. The van der Waals surface area contributed by atoms with Gasteiger partial charge in [-0.15, -0.1) is 16.7 Å². The molecular formula is C31H34ClF3N6O3. The lowest BCUT2D eigenvalue weighted by atomic mass is 9.77. The maximum atomic E-state index is 14.1. The number of nitrogens with one attached hydrogen (secondary N) is 2. The van der Waals surface area contributed by atoms with Crippen LogP contribution in [-0.4, -0.2) is 54.8 Å². The highest BCUT2D eigenvalue weighted by Gasteiger charge is 2.39. The minimum atomic E-state index is -4.50. The summed E-state index contributed by atoms with van der Waals surface area (Å²) in [4.78, 5) is 28.2. The molecule has 0 aliphatic heterocycles. The average molecular weight is 631 g/mol. The summed E-state index contributed by atoms with van der Waals surface area (Å²) in [5.74, 6) is -0.115. The number of aromatic nitrogens is 4. The van der Waals surface area contributed by atoms with Crippen LogP contribution in [0.25, 0.3) is 11.3 Å². The smallest absolute Gasteiger partial charge is 0.416 e. The van der Waals surface area contributed by atoms with Gasteiger partial charge < -0.3 is 9.32 Å². The molecule has 13 heteroatoms. The second-order valence-electron chi connectivity index (χ2n) is 12.3. The first-order valence-corrected chi connectivity index (χ1v) is 14.8. The molecule has 1 atom stereocenters. The minimum Gasteiger partial charge on any atom is -0.451 e. The molecule has 9 nitrogen and oxygen atoms in total. The molecule has 0 radical (unpaired) electrons. The Morgan fingerprint density at radius 3 is 2.52 bits per heavy atom. The lowest BCUT2D eigenvalue weighted by Gasteiger charge is -2.43. The van der Waals surface area contributed by atoms with Gasteiger partial charge in [-0.1, -0.05) is 42.4 Å². The highest BCUT2D eigenvalue weighted by Crippen LogP contribution is 2.40. The number of nitrogens with zero attached hydrogens (tertiary/aromatic N) is 4. The number of amides is 2. The fourth-order valence-electron chi connectivity index (χ4n) is 5.87. The van der Waals surface area contributed by atoms with E-state index < -0.39 is 17.2 Å². The van der Waals surface area contributed by atoms with Gasteiger partial charge in [0.05, 0.1) is 5.56 Å². The van der Waals surface area contributed by atoms with Gasteiger partial charge in [0.1, 0.15) is 5.76 Å². The number of tetrazole rings is 1. The van der Waals surface area contributed by atoms with E-state index in [0.29, 0.717) is 24.5 Å². The Hall–Kier alpha value is -3.93. The third kappa shape index (κ3) is 7.23. The van der Waals surface area contributed by atoms with E-state index in [1.54, 1.807) is 6.08 Å². The summed E-state index contributed by atoms with van der Waals surface area (Å²) in [6.45, 7) is 6.37. The van der Waals surface area contributed by atoms with Gasteiger partial charge >= 0.3 is 6.18 Å². The van der Waals surface area contributed by atoms with Gasteiger partial charge in [0.15, 0.2) is 5.76 Å². The van der Waals surface area contributed by atoms with E-state index in [-0.39, 0.29) is 45.8 Å². The number of halogens is 4. The van der Waals surface area contributed by atoms with Gasteiger partial charge in [-0.25, -0.2) is 0 Å². The first kappa shape index (κ1) is 31.5. The average Bonchev–Trinajstić information content (AvgIpc) is 3.68. The third-order valence-corrected chi connectivity index (χ3v) is 8.79. The lowest BCUT2D eigenvalue weighted by Crippen LogP contribution is -2.48. The molecule has 1 fully saturated rings. The fraction of sp³-hybridized carbons (Fsp3) is 0.452. The van der Waals surface area contributed by atoms with E-state index in [4.69, 9.17) is 16.0 Å². The lowest BCUT2D eigenvalue weighted by molar-refractivity contribution is -0.137. The van der Waals surface area contributed by atoms with Crippen molar-refractivity contribution in [1.82, 2.24) is 25.5 Å². The number of benzene rings is 1. The highest BCUT2D eigenvalue weighted by atomic mass is 35.5. The molecule has 1 unspecified atom stereocenters. The molecule has 3 aromatic rings. The number of furan rings is 1. The maximum absolute atomic E-state index is 14.1. The van der Waals surface area contributed by atoms with Crippen LogP contribution < -0.4 is 5.32 Å². The molecular weight excluding hydrogens is 597 g/mol. The van der Waals surface area contributed by atoms with Crippen LogP contribution in [0.15, 0.2) is 64.6 Å². The van der Waals surface area contributed by atoms with Crippen LogP contribution >= 0.6 is 11.6 Å². The normalized spacial score (nSPS) is 22.4. The zero-order chi connectivity index (χ0) is 31.7. The van der Waals surface area contributed by atoms with Gasteiger partial charge in [-0.05, 0) is 81.3 Å². The van der Waals surface area contributed by atoms with Gasteiger partial charge in [0, 0.05) is 34.0 Å². The molecule has 2 aliphatic rings. The molecule has 2 aliphatic carbocycles. The number of hydrogen-bond acceptors (Lipinski definition) is 6. The number of hydrogen-bond donors (Lipinski definition) is 2. The third-order valence-electron chi connectivity index (χ3n) is 8.48. The van der Waals surface area contributed by atoms with Crippen LogP contribution in [0, 0.1) is 11.3 Å². The molecule has 2 heterocycles. The Kier molecular flexibility index (Phi) is 8.75. The summed E-state index contributed by atoms with van der Waals surface area (Å²) < 4.78 is 45.8. The van der Waals surface area contributed by atoms with Crippen molar-refractivity contribution in [2.75, 3.05) is 11.9 Å². The molecule has 1 aromatic carbocycles. The van der Waals surface area contributed by atoms with Gasteiger partial charge in [-0.2, -0.15) is 18.4 Å². The number of carbonyl (C=O) groups is 2. The number of rotatable bonds is 8. The molecule has 0 spiro atoms. The summed E-state index contributed by atoms with van der Waals surface area (Å²) in [5.41, 5.74) is -0.624. The van der Waals surface area contributed by atoms with Crippen molar-refractivity contribution in [1.29, 1.82) is 0 Å². The Morgan fingerprint density at radius 2 is 1.91 bits per heavy atom. The fourth-order valence-corrected chi connectivity index (χ4v) is 6.09. The van der Waals surface area contributed by atoms with Crippen LogP contribution in [-0.2, 0) is 11.0 Å². The molecule has 2 N–H and O–H groups in total. The zero-order valence-electron chi connectivity index (χ0n) is 24.6. The van der Waals surface area contributed by atoms with Crippen molar-refractivity contribution in [3.8, 4) is 11.3 Å². The highest BCUT2D eigenvalue weighted by molar-refractivity contribution is 6.23. The molecule has 2 aromatic heterocycles. The van der Waals surface area contributed by atoms with E-state index in [9.17, 15) is 22.8 Å². The summed E-state index contributed by atoms with van der Waals surface area (Å²) in [5, 5.41) is 15.7. The van der Waals surface area contributed by atoms with E-state index in [1.807, 2.05) is 37.8 Å². The number of H-pyrrole nitrogens is 1. The number of aromatic amines is 1. The van der Waals surface area contributed by atoms with Crippen LogP contribution in [0.5, 0.6) is 0 Å². The molecule has 0 saturated heterocycles. The first-order valence-electron chi connectivity index (χ1n) is 14.4. The second kappa shape index (κ2) is 12.2. The van der Waals surface area contributed by atoms with Crippen LogP contribution in [0.2, 0.25) is 0 Å². The molecule has 0 bridgehead atoms. The van der Waals surface area contributed by atoms with E-state index >= 15 is 0 Å². The summed E-state index contributed by atoms with van der Waals surface area (Å²) >= 11 is 6.63. The molecule has 1 saturated carbocycles. The van der Waals surface area contributed by atoms with E-state index in [2.05, 4.69) is 25.9 Å². The SMILES string of the molecule is CC1(CN(C(=O)c2ccc(-c3cccc(C(F)(F)F)c3)o2)C2CCC(C(C)(C)Cl)CC2)C=CC(C(=O)Nc2nn[nH]n2)=CC1. The Bertz CT molecular complexity index is 1550. The summed E-state index contributed by atoms with van der Waals surface area (Å²) in [6.07, 6.45) is 4.64. The number of allylic oxidation sites excluding steroid dienone is 1. The van der Waals surface area contributed by atoms with E-state index in [0.717, 1.165) is 37.8 Å². The first-order chi connectivity index (χ1) is 20.7. The van der Waals surface area contributed by atoms with Crippen molar-refractivity contribution in [3.63, 3.8) is 0 Å². The van der Waals surface area contributed by atoms with Gasteiger partial charge in [-0.3, -0.25) is 14.9 Å². The number of carbonyl (C=O) groups excluding carboxylic acids is 2. The maximum Gasteiger partial charge on any atom is 0.416 e. The van der Waals surface area contributed by atoms with Crippen LogP contribution in [0.3, 0.4) is 0 Å². The second-order valence-corrected chi connectivity index (χ2v) is 13.3. The Labute approximate surface area is 257 Å². The largest absolute Gasteiger partial charge is 0.451 e. The summed E-state index contributed by atoms with van der Waals surface area (Å²) in [7, 11) is 0.